The fraction of sp³-hybridized carbons (Fsp3) is 0.954. The van der Waals surface area contributed by atoms with Crippen molar-refractivity contribution < 1.29 is 80.2 Å². The van der Waals surface area contributed by atoms with Gasteiger partial charge in [-0.1, -0.05) is 420 Å². The molecule has 0 aromatic heterocycles. The number of carbonyl (C=O) groups is 4. The summed E-state index contributed by atoms with van der Waals surface area (Å²) in [5, 5.41) is 10.7. The summed E-state index contributed by atoms with van der Waals surface area (Å²) < 4.78 is 68.9. The summed E-state index contributed by atoms with van der Waals surface area (Å²) >= 11 is 0. The number of aliphatic hydroxyl groups excluding tert-OH is 1. The van der Waals surface area contributed by atoms with Crippen molar-refractivity contribution in [3.05, 3.63) is 0 Å². The number of carbonyl (C=O) groups excluding carboxylic acids is 4. The van der Waals surface area contributed by atoms with Crippen LogP contribution in [0.25, 0.3) is 0 Å². The number of unbranched alkanes of at least 4 members (excludes halogenated alkanes) is 58. The maximum Gasteiger partial charge on any atom is 0.472 e. The molecule has 0 bridgehead atoms. The fourth-order valence-electron chi connectivity index (χ4n) is 13.6. The number of hydrogen-bond donors (Lipinski definition) is 3. The lowest BCUT2D eigenvalue weighted by atomic mass is 9.99. The Morgan fingerprint density at radius 1 is 0.264 bits per heavy atom. The van der Waals surface area contributed by atoms with Gasteiger partial charge in [0.15, 0.2) is 12.2 Å². The maximum atomic E-state index is 13.2. The molecule has 6 atom stereocenters. The van der Waals surface area contributed by atoms with E-state index in [2.05, 4.69) is 34.6 Å². The molecule has 630 valence electrons. The Balaban J connectivity index is 5.23. The van der Waals surface area contributed by atoms with E-state index in [0.29, 0.717) is 25.7 Å². The van der Waals surface area contributed by atoms with Gasteiger partial charge in [-0.15, -0.1) is 0 Å². The van der Waals surface area contributed by atoms with Gasteiger partial charge >= 0.3 is 39.5 Å². The van der Waals surface area contributed by atoms with Crippen molar-refractivity contribution in [2.24, 2.45) is 5.92 Å². The van der Waals surface area contributed by atoms with Gasteiger partial charge in [0.2, 0.25) is 0 Å². The SMILES string of the molecule is CCCCCCCCCCCCCCCCCCCCCCCC(=O)O[C@H](COC(=O)CCCCCCCCCCCCCCCCCCCCCC)COP(=O)(O)OC[C@@H](O)COP(=O)(O)OC[C@@H](COC(=O)CCCCCCCCCCC(C)CC)OC(=O)CCCCCCCCCCCCCCC. The molecule has 0 heterocycles. The van der Waals surface area contributed by atoms with Crippen molar-refractivity contribution in [3.63, 3.8) is 0 Å². The van der Waals surface area contributed by atoms with Crippen LogP contribution in [-0.2, 0) is 65.4 Å². The third kappa shape index (κ3) is 78.7. The van der Waals surface area contributed by atoms with Crippen LogP contribution in [0.5, 0.6) is 0 Å². The molecular formula is C87H170O17P2. The molecule has 3 unspecified atom stereocenters. The summed E-state index contributed by atoms with van der Waals surface area (Å²) in [6.45, 7) is 7.37. The Hall–Kier alpha value is -1.94. The average Bonchev–Trinajstić information content (AvgIpc) is 0.931. The normalized spacial score (nSPS) is 14.0. The minimum Gasteiger partial charge on any atom is -0.462 e. The van der Waals surface area contributed by atoms with Gasteiger partial charge in [-0.25, -0.2) is 9.13 Å². The summed E-state index contributed by atoms with van der Waals surface area (Å²) in [6.07, 6.45) is 73.6. The lowest BCUT2D eigenvalue weighted by Crippen LogP contribution is -2.30. The molecule has 106 heavy (non-hydrogen) atoms. The van der Waals surface area contributed by atoms with Crippen LogP contribution in [0.15, 0.2) is 0 Å². The minimum atomic E-state index is -4.97. The molecule has 0 saturated heterocycles. The van der Waals surface area contributed by atoms with E-state index >= 15 is 0 Å². The van der Waals surface area contributed by atoms with E-state index in [1.165, 1.54) is 295 Å². The van der Waals surface area contributed by atoms with Gasteiger partial charge in [0.05, 0.1) is 26.4 Å². The zero-order valence-corrected chi connectivity index (χ0v) is 71.4. The van der Waals surface area contributed by atoms with Gasteiger partial charge in [0.1, 0.15) is 19.3 Å². The molecule has 0 radical (unpaired) electrons. The smallest absolute Gasteiger partial charge is 0.462 e. The van der Waals surface area contributed by atoms with Gasteiger partial charge in [0.25, 0.3) is 0 Å². The Bertz CT molecular complexity index is 2020. The summed E-state index contributed by atoms with van der Waals surface area (Å²) in [5.74, 6) is -1.32. The molecule has 0 aromatic carbocycles. The lowest BCUT2D eigenvalue weighted by molar-refractivity contribution is -0.161. The quantitative estimate of drug-likeness (QED) is 0.0222. The van der Waals surface area contributed by atoms with E-state index in [4.69, 9.17) is 37.0 Å². The predicted octanol–water partition coefficient (Wildman–Crippen LogP) is 26.8. The largest absolute Gasteiger partial charge is 0.472 e. The second-order valence-electron chi connectivity index (χ2n) is 31.5. The van der Waals surface area contributed by atoms with Gasteiger partial charge in [-0.05, 0) is 31.6 Å². The van der Waals surface area contributed by atoms with Gasteiger partial charge in [-0.3, -0.25) is 37.3 Å². The number of phosphoric acid groups is 2. The molecule has 0 rings (SSSR count). The number of esters is 4. The van der Waals surface area contributed by atoms with Crippen LogP contribution < -0.4 is 0 Å². The van der Waals surface area contributed by atoms with Crippen molar-refractivity contribution in [2.75, 3.05) is 39.6 Å². The first-order chi connectivity index (χ1) is 51.6. The first-order valence-electron chi connectivity index (χ1n) is 45.2. The van der Waals surface area contributed by atoms with E-state index < -0.39 is 97.5 Å². The molecular weight excluding hydrogens is 1380 g/mol. The predicted molar refractivity (Wildman–Crippen MR) is 437 cm³/mol. The lowest BCUT2D eigenvalue weighted by Gasteiger charge is -2.21. The highest BCUT2D eigenvalue weighted by Gasteiger charge is 2.30. The van der Waals surface area contributed by atoms with E-state index in [9.17, 15) is 43.2 Å². The summed E-state index contributed by atoms with van der Waals surface area (Å²) in [5.41, 5.74) is 0. The zero-order chi connectivity index (χ0) is 77.6. The standard InChI is InChI=1S/C87H170O17P2/c1-6-10-13-16-19-22-25-28-30-32-34-36-38-40-42-45-48-51-58-63-68-73-87(92)103-82(76-97-84(89)70-65-60-55-49-46-44-41-39-37-35-33-31-29-26-23-20-17-14-11-7-2)78-101-105(93,94)99-74-81(88)75-100-106(95,96)102-79-83(77-98-85(90)71-66-61-56-53-52-54-59-64-69-80(5)9-4)104-86(91)72-67-62-57-50-47-43-27-24-21-18-15-12-8-3/h80-83,88H,6-79H2,1-5H3,(H,93,94)(H,95,96)/t80?,81-,82-,83-/m1/s1. The van der Waals surface area contributed by atoms with Crippen molar-refractivity contribution in [1.82, 2.24) is 0 Å². The maximum absolute atomic E-state index is 13.2. The summed E-state index contributed by atoms with van der Waals surface area (Å²) in [7, 11) is -9.93. The topological polar surface area (TPSA) is 237 Å². The second kappa shape index (κ2) is 79.7. The Kier molecular flexibility index (Phi) is 78.2. The van der Waals surface area contributed by atoms with E-state index in [1.807, 2.05) is 0 Å². The van der Waals surface area contributed by atoms with Gasteiger partial charge in [-0.2, -0.15) is 0 Å². The fourth-order valence-corrected chi connectivity index (χ4v) is 15.2. The van der Waals surface area contributed by atoms with E-state index in [1.54, 1.807) is 0 Å². The Morgan fingerprint density at radius 3 is 0.670 bits per heavy atom. The number of ether oxygens (including phenoxy) is 4. The molecule has 0 aliphatic rings. The van der Waals surface area contributed by atoms with Crippen LogP contribution in [0.3, 0.4) is 0 Å². The molecule has 3 N–H and O–H groups in total. The summed E-state index contributed by atoms with van der Waals surface area (Å²) in [4.78, 5) is 73.3. The van der Waals surface area contributed by atoms with Gasteiger partial charge < -0.3 is 33.8 Å². The number of hydrogen-bond acceptors (Lipinski definition) is 15. The molecule has 0 aromatic rings. The van der Waals surface area contributed by atoms with Gasteiger partial charge in [0, 0.05) is 25.7 Å². The van der Waals surface area contributed by atoms with Crippen molar-refractivity contribution in [1.29, 1.82) is 0 Å². The Labute approximate surface area is 651 Å². The second-order valence-corrected chi connectivity index (χ2v) is 34.4. The van der Waals surface area contributed by atoms with Crippen LogP contribution in [0.4, 0.5) is 0 Å². The molecule has 0 aliphatic heterocycles. The Morgan fingerprint density at radius 2 is 0.453 bits per heavy atom. The number of rotatable bonds is 87. The highest BCUT2D eigenvalue weighted by atomic mass is 31.2. The third-order valence-corrected chi connectivity index (χ3v) is 22.8. The van der Waals surface area contributed by atoms with Crippen LogP contribution in [-0.4, -0.2) is 96.7 Å². The number of aliphatic hydroxyl groups is 1. The number of phosphoric ester groups is 2. The molecule has 0 aliphatic carbocycles. The summed E-state index contributed by atoms with van der Waals surface area (Å²) in [6, 6.07) is 0. The van der Waals surface area contributed by atoms with Crippen LogP contribution in [0.1, 0.15) is 471 Å². The molecule has 0 saturated carbocycles. The molecule has 17 nitrogen and oxygen atoms in total. The van der Waals surface area contributed by atoms with E-state index in [-0.39, 0.29) is 25.7 Å². The monoisotopic (exact) mass is 1550 g/mol. The van der Waals surface area contributed by atoms with Crippen molar-refractivity contribution in [3.8, 4) is 0 Å². The molecule has 0 spiro atoms. The van der Waals surface area contributed by atoms with Crippen LogP contribution in [0.2, 0.25) is 0 Å². The first kappa shape index (κ1) is 104. The minimum absolute atomic E-state index is 0.108. The van der Waals surface area contributed by atoms with Crippen molar-refractivity contribution >= 4 is 39.5 Å². The van der Waals surface area contributed by atoms with E-state index in [0.717, 1.165) is 95.8 Å². The van der Waals surface area contributed by atoms with Crippen LogP contribution >= 0.6 is 15.6 Å². The molecule has 19 heteroatoms. The molecule has 0 fully saturated rings. The zero-order valence-electron chi connectivity index (χ0n) is 69.6. The highest BCUT2D eigenvalue weighted by molar-refractivity contribution is 7.47. The molecule has 0 amide bonds. The van der Waals surface area contributed by atoms with Crippen molar-refractivity contribution in [2.45, 2.75) is 490 Å². The van der Waals surface area contributed by atoms with Crippen LogP contribution in [0, 0.1) is 5.92 Å². The third-order valence-electron chi connectivity index (χ3n) is 20.9. The first-order valence-corrected chi connectivity index (χ1v) is 48.2. The average molecular weight is 1550 g/mol. The highest BCUT2D eigenvalue weighted by Crippen LogP contribution is 2.45.